The molecule has 1 saturated heterocycles. The molecule has 0 radical (unpaired) electrons. The maximum atomic E-state index is 13.5. The Kier molecular flexibility index (Phi) is 6.85. The third-order valence-corrected chi connectivity index (χ3v) is 7.65. The fourth-order valence-electron chi connectivity index (χ4n) is 5.90. The van der Waals surface area contributed by atoms with Crippen molar-refractivity contribution >= 4 is 22.4 Å². The summed E-state index contributed by atoms with van der Waals surface area (Å²) in [6, 6.07) is 12.4. The van der Waals surface area contributed by atoms with E-state index in [1.807, 2.05) is 50.3 Å². The monoisotopic (exact) mass is 473 g/mol. The zero-order valence-corrected chi connectivity index (χ0v) is 21.0. The van der Waals surface area contributed by atoms with Crippen LogP contribution in [0, 0.1) is 5.92 Å². The van der Waals surface area contributed by atoms with Crippen molar-refractivity contribution in [2.24, 2.45) is 5.92 Å². The molecule has 1 aliphatic carbocycles. The number of amides is 1. The molecule has 5 rings (SSSR count). The number of likely N-dealkylation sites (tertiary alicyclic amines) is 1. The normalized spacial score (nSPS) is 20.5. The standard InChI is InChI=1S/C30H35NO4/c1-4-34-28-18-29-25(26(19-35-29)22-10-7-12-23(16-22)33-3)17-24(28)20(2)15-30(32)31-14-8-11-21-9-5-6-13-27(21)31/h7,10,12,15-19,21,27H,4-6,8-9,11,13-14H2,1-3H3/b20-15+. The molecule has 0 bridgehead atoms. The number of piperidine rings is 1. The Balaban J connectivity index is 1.51. The summed E-state index contributed by atoms with van der Waals surface area (Å²) < 4.78 is 17.3. The van der Waals surface area contributed by atoms with Crippen LogP contribution < -0.4 is 9.47 Å². The number of hydrogen-bond acceptors (Lipinski definition) is 4. The summed E-state index contributed by atoms with van der Waals surface area (Å²) in [5, 5.41) is 0.988. The maximum absolute atomic E-state index is 13.5. The minimum Gasteiger partial charge on any atom is -0.497 e. The van der Waals surface area contributed by atoms with Crippen molar-refractivity contribution in [3.63, 3.8) is 0 Å². The SMILES string of the molecule is CCOc1cc2occ(-c3cccc(OC)c3)c2cc1/C(C)=C/C(=O)N1CCCC2CCCCC21. The summed E-state index contributed by atoms with van der Waals surface area (Å²) in [6.45, 7) is 5.38. The van der Waals surface area contributed by atoms with Gasteiger partial charge in [-0.05, 0) is 74.8 Å². The highest BCUT2D eigenvalue weighted by Gasteiger charge is 2.35. The number of allylic oxidation sites excluding steroid dienone is 1. The topological polar surface area (TPSA) is 51.9 Å². The third kappa shape index (κ3) is 4.69. The fourth-order valence-corrected chi connectivity index (χ4v) is 5.90. The van der Waals surface area contributed by atoms with Crippen LogP contribution in [0.15, 0.2) is 53.2 Å². The Labute approximate surface area is 207 Å². The van der Waals surface area contributed by atoms with Crippen LogP contribution in [0.4, 0.5) is 0 Å². The van der Waals surface area contributed by atoms with Crippen molar-refractivity contribution < 1.29 is 18.7 Å². The molecule has 1 amide bonds. The molecule has 2 fully saturated rings. The lowest BCUT2D eigenvalue weighted by molar-refractivity contribution is -0.132. The van der Waals surface area contributed by atoms with Crippen molar-refractivity contribution in [3.05, 3.63) is 54.3 Å². The summed E-state index contributed by atoms with van der Waals surface area (Å²) in [4.78, 5) is 15.6. The first-order valence-corrected chi connectivity index (χ1v) is 12.9. The zero-order valence-electron chi connectivity index (χ0n) is 21.0. The Hall–Kier alpha value is -3.21. The van der Waals surface area contributed by atoms with E-state index in [0.717, 1.165) is 64.1 Å². The maximum Gasteiger partial charge on any atom is 0.247 e. The molecule has 184 valence electrons. The smallest absolute Gasteiger partial charge is 0.247 e. The lowest BCUT2D eigenvalue weighted by Gasteiger charge is -2.43. The van der Waals surface area contributed by atoms with Crippen molar-refractivity contribution in [3.8, 4) is 22.6 Å². The second-order valence-corrected chi connectivity index (χ2v) is 9.77. The van der Waals surface area contributed by atoms with Gasteiger partial charge >= 0.3 is 0 Å². The molecule has 0 N–H and O–H groups in total. The predicted molar refractivity (Wildman–Crippen MR) is 140 cm³/mol. The summed E-state index contributed by atoms with van der Waals surface area (Å²) in [7, 11) is 1.67. The Bertz CT molecular complexity index is 1240. The van der Waals surface area contributed by atoms with E-state index in [1.165, 1.54) is 25.7 Å². The zero-order chi connectivity index (χ0) is 24.4. The summed E-state index contributed by atoms with van der Waals surface area (Å²) in [5.41, 5.74) is 4.61. The van der Waals surface area contributed by atoms with Gasteiger partial charge in [-0.1, -0.05) is 25.0 Å². The first-order valence-electron chi connectivity index (χ1n) is 12.9. The first-order chi connectivity index (χ1) is 17.1. The van der Waals surface area contributed by atoms with E-state index < -0.39 is 0 Å². The Morgan fingerprint density at radius 1 is 1.14 bits per heavy atom. The number of carbonyl (C=O) groups is 1. The molecule has 5 nitrogen and oxygen atoms in total. The number of benzene rings is 2. The van der Waals surface area contributed by atoms with Crippen LogP contribution >= 0.6 is 0 Å². The van der Waals surface area contributed by atoms with Crippen molar-refractivity contribution in [2.45, 2.75) is 58.4 Å². The molecule has 35 heavy (non-hydrogen) atoms. The van der Waals surface area contributed by atoms with Gasteiger partial charge in [0.05, 0.1) is 20.0 Å². The van der Waals surface area contributed by atoms with Crippen LogP contribution in [0.3, 0.4) is 0 Å². The van der Waals surface area contributed by atoms with E-state index in [4.69, 9.17) is 13.9 Å². The van der Waals surface area contributed by atoms with Gasteiger partial charge in [-0.25, -0.2) is 0 Å². The first kappa shape index (κ1) is 23.5. The number of fused-ring (bicyclic) bond motifs is 2. The van der Waals surface area contributed by atoms with Gasteiger partial charge in [0.1, 0.15) is 17.1 Å². The predicted octanol–water partition coefficient (Wildman–Crippen LogP) is 7.09. The number of carbonyl (C=O) groups excluding carboxylic acids is 1. The van der Waals surface area contributed by atoms with Gasteiger partial charge in [0.2, 0.25) is 5.91 Å². The summed E-state index contributed by atoms with van der Waals surface area (Å²) >= 11 is 0. The van der Waals surface area contributed by atoms with Crippen LogP contribution in [-0.4, -0.2) is 37.1 Å². The van der Waals surface area contributed by atoms with E-state index >= 15 is 0 Å². The highest BCUT2D eigenvalue weighted by atomic mass is 16.5. The third-order valence-electron chi connectivity index (χ3n) is 7.65. The molecular formula is C30H35NO4. The van der Waals surface area contributed by atoms with Crippen molar-refractivity contribution in [1.29, 1.82) is 0 Å². The average molecular weight is 474 g/mol. The van der Waals surface area contributed by atoms with Gasteiger partial charge < -0.3 is 18.8 Å². The van der Waals surface area contributed by atoms with E-state index in [9.17, 15) is 4.79 Å². The highest BCUT2D eigenvalue weighted by Crippen LogP contribution is 2.39. The van der Waals surface area contributed by atoms with Gasteiger partial charge in [-0.15, -0.1) is 0 Å². The molecule has 0 spiro atoms. The van der Waals surface area contributed by atoms with Crippen LogP contribution in [0.25, 0.3) is 27.7 Å². The molecule has 5 heteroatoms. The molecule has 2 atom stereocenters. The lowest BCUT2D eigenvalue weighted by Crippen LogP contribution is -2.49. The van der Waals surface area contributed by atoms with Gasteiger partial charge in [-0.2, -0.15) is 0 Å². The van der Waals surface area contributed by atoms with E-state index in [-0.39, 0.29) is 5.91 Å². The van der Waals surface area contributed by atoms with Gasteiger partial charge in [-0.3, -0.25) is 4.79 Å². The minimum atomic E-state index is 0.127. The van der Waals surface area contributed by atoms with Crippen molar-refractivity contribution in [2.75, 3.05) is 20.3 Å². The van der Waals surface area contributed by atoms with Gasteiger partial charge in [0, 0.05) is 41.2 Å². The average Bonchev–Trinajstić information content (AvgIpc) is 3.31. The highest BCUT2D eigenvalue weighted by molar-refractivity contribution is 6.00. The van der Waals surface area contributed by atoms with Gasteiger partial charge in [0.15, 0.2) is 0 Å². The van der Waals surface area contributed by atoms with Crippen LogP contribution in [0.1, 0.15) is 57.9 Å². The summed E-state index contributed by atoms with van der Waals surface area (Å²) in [5.74, 6) is 2.33. The Morgan fingerprint density at radius 2 is 1.97 bits per heavy atom. The van der Waals surface area contributed by atoms with E-state index in [0.29, 0.717) is 18.6 Å². The molecule has 2 unspecified atom stereocenters. The fraction of sp³-hybridized carbons (Fsp3) is 0.433. The van der Waals surface area contributed by atoms with Crippen molar-refractivity contribution in [1.82, 2.24) is 4.90 Å². The molecular weight excluding hydrogens is 438 g/mol. The molecule has 1 aliphatic heterocycles. The molecule has 2 aromatic carbocycles. The number of hydrogen-bond donors (Lipinski definition) is 0. The number of rotatable bonds is 6. The second-order valence-electron chi connectivity index (χ2n) is 9.77. The molecule has 2 aliphatic rings. The van der Waals surface area contributed by atoms with Crippen LogP contribution in [-0.2, 0) is 4.79 Å². The number of ether oxygens (including phenoxy) is 2. The number of nitrogens with zero attached hydrogens (tertiary/aromatic N) is 1. The molecule has 1 aromatic heterocycles. The number of methoxy groups -OCH3 is 1. The number of furan rings is 1. The lowest BCUT2D eigenvalue weighted by atomic mass is 9.78. The van der Waals surface area contributed by atoms with Crippen LogP contribution in [0.2, 0.25) is 0 Å². The quantitative estimate of drug-likeness (QED) is 0.359. The summed E-state index contributed by atoms with van der Waals surface area (Å²) in [6.07, 6.45) is 10.9. The largest absolute Gasteiger partial charge is 0.497 e. The molecule has 2 heterocycles. The van der Waals surface area contributed by atoms with Gasteiger partial charge in [0.25, 0.3) is 0 Å². The van der Waals surface area contributed by atoms with Crippen LogP contribution in [0.5, 0.6) is 11.5 Å². The second kappa shape index (κ2) is 10.2. The molecule has 3 aromatic rings. The molecule has 1 saturated carbocycles. The minimum absolute atomic E-state index is 0.127. The van der Waals surface area contributed by atoms with E-state index in [2.05, 4.69) is 11.0 Å². The van der Waals surface area contributed by atoms with E-state index in [1.54, 1.807) is 13.4 Å². The Morgan fingerprint density at radius 3 is 2.80 bits per heavy atom.